The van der Waals surface area contributed by atoms with Crippen molar-refractivity contribution in [3.05, 3.63) is 0 Å². The quantitative estimate of drug-likeness (QED) is 0.557. The van der Waals surface area contributed by atoms with E-state index in [0.29, 0.717) is 0 Å². The first-order valence-electron chi connectivity index (χ1n) is 5.10. The number of hydrogen-bond donors (Lipinski definition) is 2. The lowest BCUT2D eigenvalue weighted by atomic mass is 9.87. The van der Waals surface area contributed by atoms with E-state index in [0.717, 1.165) is 25.7 Å². The molecule has 13 heavy (non-hydrogen) atoms. The molecule has 0 heterocycles. The molecule has 0 saturated heterocycles. The fraction of sp³-hybridized carbons (Fsp3) is 0.818. The Labute approximate surface area is 80.0 Å². The summed E-state index contributed by atoms with van der Waals surface area (Å²) in [6, 6.07) is 0. The minimum Gasteiger partial charge on any atom is -0.384 e. The first-order chi connectivity index (χ1) is 6.27. The summed E-state index contributed by atoms with van der Waals surface area (Å²) in [6.07, 6.45) is 7.31. The van der Waals surface area contributed by atoms with Crippen molar-refractivity contribution in [1.29, 1.82) is 0 Å². The standard InChI is InChI=1S/C11H18O2/c12-10-6-9-11(13)7-4-2-1-3-5-8-11/h12-13H,1-5,7-8,10H2. The maximum atomic E-state index is 10.0. The highest BCUT2D eigenvalue weighted by molar-refractivity contribution is 5.13. The first-order valence-corrected chi connectivity index (χ1v) is 5.10. The highest BCUT2D eigenvalue weighted by atomic mass is 16.3. The smallest absolute Gasteiger partial charge is 0.125 e. The van der Waals surface area contributed by atoms with Crippen LogP contribution in [0, 0.1) is 11.8 Å². The van der Waals surface area contributed by atoms with Crippen molar-refractivity contribution in [3.8, 4) is 11.8 Å². The maximum absolute atomic E-state index is 10.0. The Kier molecular flexibility index (Phi) is 4.27. The zero-order valence-corrected chi connectivity index (χ0v) is 8.05. The lowest BCUT2D eigenvalue weighted by Gasteiger charge is -2.24. The van der Waals surface area contributed by atoms with Gasteiger partial charge in [-0.05, 0) is 25.7 Å². The van der Waals surface area contributed by atoms with Crippen LogP contribution in [-0.4, -0.2) is 22.4 Å². The van der Waals surface area contributed by atoms with Crippen LogP contribution >= 0.6 is 0 Å². The Morgan fingerprint density at radius 3 is 2.08 bits per heavy atom. The van der Waals surface area contributed by atoms with Crippen LogP contribution in [0.2, 0.25) is 0 Å². The molecule has 0 bridgehead atoms. The third-order valence-corrected chi connectivity index (χ3v) is 2.58. The molecule has 1 fully saturated rings. The van der Waals surface area contributed by atoms with Gasteiger partial charge in [-0.1, -0.05) is 31.1 Å². The molecule has 0 aromatic rings. The second-order valence-corrected chi connectivity index (χ2v) is 3.76. The SMILES string of the molecule is OCC#CC1(O)CCCCCCC1. The highest BCUT2D eigenvalue weighted by Crippen LogP contribution is 2.25. The summed E-state index contributed by atoms with van der Waals surface area (Å²) < 4.78 is 0. The fourth-order valence-corrected chi connectivity index (χ4v) is 1.82. The van der Waals surface area contributed by atoms with Crippen LogP contribution in [0.5, 0.6) is 0 Å². The van der Waals surface area contributed by atoms with E-state index in [1.807, 2.05) is 0 Å². The molecule has 0 spiro atoms. The van der Waals surface area contributed by atoms with Crippen LogP contribution in [0.15, 0.2) is 0 Å². The zero-order valence-electron chi connectivity index (χ0n) is 8.05. The van der Waals surface area contributed by atoms with Gasteiger partial charge in [0, 0.05) is 0 Å². The van der Waals surface area contributed by atoms with Crippen LogP contribution in [0.25, 0.3) is 0 Å². The summed E-state index contributed by atoms with van der Waals surface area (Å²) in [7, 11) is 0. The van der Waals surface area contributed by atoms with Crippen molar-refractivity contribution in [2.24, 2.45) is 0 Å². The zero-order chi connectivity index (χ0) is 9.57. The number of hydrogen-bond acceptors (Lipinski definition) is 2. The van der Waals surface area contributed by atoms with E-state index in [-0.39, 0.29) is 6.61 Å². The molecule has 2 N–H and O–H groups in total. The minimum absolute atomic E-state index is 0.150. The van der Waals surface area contributed by atoms with E-state index in [9.17, 15) is 5.11 Å². The van der Waals surface area contributed by atoms with Gasteiger partial charge in [0.05, 0.1) is 0 Å². The monoisotopic (exact) mass is 182 g/mol. The Morgan fingerprint density at radius 1 is 1.00 bits per heavy atom. The summed E-state index contributed by atoms with van der Waals surface area (Å²) in [4.78, 5) is 0. The van der Waals surface area contributed by atoms with Gasteiger partial charge < -0.3 is 10.2 Å². The van der Waals surface area contributed by atoms with Gasteiger partial charge >= 0.3 is 0 Å². The van der Waals surface area contributed by atoms with Gasteiger partial charge in [-0.3, -0.25) is 0 Å². The van der Waals surface area contributed by atoms with Crippen LogP contribution in [-0.2, 0) is 0 Å². The van der Waals surface area contributed by atoms with E-state index >= 15 is 0 Å². The molecule has 74 valence electrons. The van der Waals surface area contributed by atoms with Crippen molar-refractivity contribution in [1.82, 2.24) is 0 Å². The minimum atomic E-state index is -0.816. The molecule has 2 nitrogen and oxygen atoms in total. The number of aliphatic hydroxyl groups excluding tert-OH is 1. The third kappa shape index (κ3) is 3.80. The Balaban J connectivity index is 2.51. The van der Waals surface area contributed by atoms with Crippen LogP contribution in [0.4, 0.5) is 0 Å². The van der Waals surface area contributed by atoms with Crippen LogP contribution in [0.3, 0.4) is 0 Å². The van der Waals surface area contributed by atoms with Gasteiger partial charge in [-0.2, -0.15) is 0 Å². The van der Waals surface area contributed by atoms with E-state index < -0.39 is 5.60 Å². The molecule has 0 aliphatic heterocycles. The van der Waals surface area contributed by atoms with E-state index in [4.69, 9.17) is 5.11 Å². The molecule has 0 atom stereocenters. The van der Waals surface area contributed by atoms with Crippen LogP contribution < -0.4 is 0 Å². The van der Waals surface area contributed by atoms with Gasteiger partial charge in [-0.25, -0.2) is 0 Å². The van der Waals surface area contributed by atoms with Crippen LogP contribution in [0.1, 0.15) is 44.9 Å². The molecule has 2 heteroatoms. The predicted molar refractivity (Wildman–Crippen MR) is 52.1 cm³/mol. The van der Waals surface area contributed by atoms with E-state index in [1.54, 1.807) is 0 Å². The molecule has 0 aromatic heterocycles. The molecule has 0 aromatic carbocycles. The molecule has 1 aliphatic rings. The Bertz CT molecular complexity index is 192. The predicted octanol–water partition coefficient (Wildman–Crippen LogP) is 1.46. The average molecular weight is 182 g/mol. The average Bonchev–Trinajstić information content (AvgIpc) is 2.09. The second kappa shape index (κ2) is 5.26. The maximum Gasteiger partial charge on any atom is 0.125 e. The normalized spacial score (nSPS) is 22.3. The van der Waals surface area contributed by atoms with Gasteiger partial charge in [0.2, 0.25) is 0 Å². The lowest BCUT2D eigenvalue weighted by Crippen LogP contribution is -2.27. The van der Waals surface area contributed by atoms with Gasteiger partial charge in [0.1, 0.15) is 12.2 Å². The summed E-state index contributed by atoms with van der Waals surface area (Å²) >= 11 is 0. The van der Waals surface area contributed by atoms with E-state index in [1.165, 1.54) is 19.3 Å². The Hall–Kier alpha value is -0.520. The molecule has 1 rings (SSSR count). The second-order valence-electron chi connectivity index (χ2n) is 3.76. The topological polar surface area (TPSA) is 40.5 Å². The van der Waals surface area contributed by atoms with Crippen molar-refractivity contribution in [3.63, 3.8) is 0 Å². The van der Waals surface area contributed by atoms with Gasteiger partial charge in [0.15, 0.2) is 0 Å². The van der Waals surface area contributed by atoms with Crippen molar-refractivity contribution < 1.29 is 10.2 Å². The van der Waals surface area contributed by atoms with Crippen molar-refractivity contribution in [2.75, 3.05) is 6.61 Å². The van der Waals surface area contributed by atoms with Gasteiger partial charge in [-0.15, -0.1) is 0 Å². The van der Waals surface area contributed by atoms with E-state index in [2.05, 4.69) is 11.8 Å². The van der Waals surface area contributed by atoms with Crippen molar-refractivity contribution >= 4 is 0 Å². The highest BCUT2D eigenvalue weighted by Gasteiger charge is 2.24. The molecule has 0 unspecified atom stereocenters. The number of aliphatic hydroxyl groups is 2. The summed E-state index contributed by atoms with van der Waals surface area (Å²) in [5.41, 5.74) is -0.816. The molecule has 1 aliphatic carbocycles. The summed E-state index contributed by atoms with van der Waals surface area (Å²) in [5, 5.41) is 18.6. The molecule has 1 saturated carbocycles. The molecular weight excluding hydrogens is 164 g/mol. The van der Waals surface area contributed by atoms with Gasteiger partial charge in [0.25, 0.3) is 0 Å². The Morgan fingerprint density at radius 2 is 1.54 bits per heavy atom. The molecular formula is C11H18O2. The summed E-state index contributed by atoms with van der Waals surface area (Å²) in [6.45, 7) is -0.150. The number of rotatable bonds is 0. The van der Waals surface area contributed by atoms with Crippen molar-refractivity contribution in [2.45, 2.75) is 50.5 Å². The third-order valence-electron chi connectivity index (χ3n) is 2.58. The first kappa shape index (κ1) is 10.6. The molecule has 0 radical (unpaired) electrons. The summed E-state index contributed by atoms with van der Waals surface area (Å²) in [5.74, 6) is 5.33. The fourth-order valence-electron chi connectivity index (χ4n) is 1.82. The lowest BCUT2D eigenvalue weighted by molar-refractivity contribution is 0.0716. The largest absolute Gasteiger partial charge is 0.384 e. The molecule has 0 amide bonds.